The van der Waals surface area contributed by atoms with Gasteiger partial charge in [-0.1, -0.05) is 7.43 Å². The Labute approximate surface area is 50.3 Å². The van der Waals surface area contributed by atoms with Gasteiger partial charge in [0.1, 0.15) is 0 Å². The largest absolute Gasteiger partial charge is 0.550 e. The Morgan fingerprint density at radius 3 is 1.78 bits per heavy atom. The quantitative estimate of drug-likeness (QED) is 0.530. The molecule has 0 spiro atoms. The van der Waals surface area contributed by atoms with Gasteiger partial charge in [-0.15, -0.1) is 0 Å². The summed E-state index contributed by atoms with van der Waals surface area (Å²) in [4.78, 5) is 9.18. The van der Waals surface area contributed by atoms with E-state index in [0.29, 0.717) is 0 Å². The predicted molar refractivity (Wildman–Crippen MR) is 22.4 cm³/mol. The van der Waals surface area contributed by atoms with Crippen LogP contribution in [0.15, 0.2) is 0 Å². The van der Waals surface area contributed by atoms with Crippen LogP contribution in [0.25, 0.3) is 0 Å². The highest BCUT2D eigenvalue weighted by atomic mass is 19.4. The Balaban J connectivity index is 0. The van der Waals surface area contributed by atoms with Crippen molar-refractivity contribution >= 4 is 5.97 Å². The van der Waals surface area contributed by atoms with E-state index in [1.165, 1.54) is 0 Å². The average Bonchev–Trinajstić information content (AvgIpc) is 1.21. The monoisotopic (exact) mass is 143 g/mol. The Morgan fingerprint density at radius 1 is 1.44 bits per heavy atom. The van der Waals surface area contributed by atoms with Gasteiger partial charge >= 0.3 is 6.18 Å². The molecule has 0 aromatic heterocycles. The van der Waals surface area contributed by atoms with Crippen LogP contribution in [-0.2, 0) is 4.79 Å². The molecule has 9 heavy (non-hydrogen) atoms. The number of hydrogen-bond acceptors (Lipinski definition) is 2. The van der Waals surface area contributed by atoms with Crippen molar-refractivity contribution in [2.24, 2.45) is 0 Å². The van der Waals surface area contributed by atoms with Gasteiger partial charge in [-0.05, 0) is 0 Å². The molecule has 0 aromatic rings. The summed E-state index contributed by atoms with van der Waals surface area (Å²) in [5.74, 6) is -2.10. The zero-order valence-electron chi connectivity index (χ0n) is 3.66. The number of carbonyl (C=O) groups excluding carboxylic acids is 1. The second kappa shape index (κ2) is 3.32. The van der Waals surface area contributed by atoms with Crippen LogP contribution in [0.3, 0.4) is 0 Å². The van der Waals surface area contributed by atoms with Gasteiger partial charge in [0, 0.05) is 0 Å². The molecule has 0 aliphatic rings. The van der Waals surface area contributed by atoms with E-state index in [4.69, 9.17) is 0 Å². The topological polar surface area (TPSA) is 40.1 Å². The minimum absolute atomic E-state index is 0. The molecule has 0 saturated carbocycles. The van der Waals surface area contributed by atoms with Crippen LogP contribution >= 0.6 is 0 Å². The van der Waals surface area contributed by atoms with Gasteiger partial charge in [-0.25, -0.2) is 0 Å². The molecule has 0 unspecified atom stereocenters. The molecule has 0 saturated heterocycles. The van der Waals surface area contributed by atoms with Gasteiger partial charge in [-0.3, -0.25) is 0 Å². The third kappa shape index (κ3) is 11.1. The van der Waals surface area contributed by atoms with E-state index in [-0.39, 0.29) is 7.43 Å². The summed E-state index contributed by atoms with van der Waals surface area (Å²) in [6, 6.07) is 0. The van der Waals surface area contributed by atoms with Crippen LogP contribution in [0.1, 0.15) is 13.8 Å². The molecule has 0 radical (unpaired) electrons. The molecule has 0 fully saturated rings. The summed E-state index contributed by atoms with van der Waals surface area (Å²) in [6.07, 6.45) is -6.51. The lowest BCUT2D eigenvalue weighted by molar-refractivity contribution is -0.314. The molecule has 0 heterocycles. The molecular weight excluding hydrogens is 137 g/mol. The molecule has 0 rings (SSSR count). The first-order valence-corrected chi connectivity index (χ1v) is 1.68. The zero-order valence-corrected chi connectivity index (χ0v) is 3.66. The average molecular weight is 143 g/mol. The summed E-state index contributed by atoms with van der Waals surface area (Å²) in [6.45, 7) is 0. The number of hydrogen-bond donors (Lipinski definition) is 0. The molecule has 0 N–H and O–H groups in total. The van der Waals surface area contributed by atoms with Crippen molar-refractivity contribution in [2.45, 2.75) is 20.0 Å². The van der Waals surface area contributed by atoms with E-state index < -0.39 is 18.6 Å². The van der Waals surface area contributed by atoms with Crippen molar-refractivity contribution in [3.8, 4) is 0 Å². The summed E-state index contributed by atoms with van der Waals surface area (Å²) < 4.78 is 32.7. The molecule has 0 bridgehead atoms. The van der Waals surface area contributed by atoms with E-state index >= 15 is 0 Å². The Bertz CT molecular complexity index is 96.5. The summed E-state index contributed by atoms with van der Waals surface area (Å²) in [7, 11) is 0. The SMILES string of the molecule is C.O=C([O-])CC(F)(F)F. The molecule has 0 aliphatic heterocycles. The van der Waals surface area contributed by atoms with Crippen LogP contribution in [0, 0.1) is 0 Å². The number of alkyl halides is 3. The minimum Gasteiger partial charge on any atom is -0.550 e. The Hall–Kier alpha value is -0.740. The molecule has 0 aromatic carbocycles. The summed E-state index contributed by atoms with van der Waals surface area (Å²) >= 11 is 0. The van der Waals surface area contributed by atoms with Crippen molar-refractivity contribution in [1.29, 1.82) is 0 Å². The number of rotatable bonds is 1. The Kier molecular flexibility index (Phi) is 4.10. The number of aliphatic carboxylic acids is 1. The normalized spacial score (nSPS) is 10.1. The maximum absolute atomic E-state index is 10.9. The summed E-state index contributed by atoms with van der Waals surface area (Å²) in [5.41, 5.74) is 0. The van der Waals surface area contributed by atoms with E-state index in [1.54, 1.807) is 0 Å². The minimum atomic E-state index is -4.64. The molecule has 56 valence electrons. The van der Waals surface area contributed by atoms with E-state index in [0.717, 1.165) is 0 Å². The molecule has 5 heteroatoms. The zero-order chi connectivity index (χ0) is 6.78. The number of carboxylic acids is 1. The standard InChI is InChI=1S/C3H3F3O2.CH4/c4-3(5,6)1-2(7)8;/h1H2,(H,7,8);1H4/p-1. The first-order valence-electron chi connectivity index (χ1n) is 1.68. The van der Waals surface area contributed by atoms with Crippen molar-refractivity contribution in [3.63, 3.8) is 0 Å². The fourth-order valence-corrected chi connectivity index (χ4v) is 0.164. The molecule has 2 nitrogen and oxygen atoms in total. The highest BCUT2D eigenvalue weighted by Crippen LogP contribution is 2.17. The van der Waals surface area contributed by atoms with Crippen molar-refractivity contribution in [1.82, 2.24) is 0 Å². The third-order valence-corrected chi connectivity index (χ3v) is 0.345. The Morgan fingerprint density at radius 2 is 1.78 bits per heavy atom. The highest BCUT2D eigenvalue weighted by molar-refractivity contribution is 5.64. The lowest BCUT2D eigenvalue weighted by Gasteiger charge is -2.04. The lowest BCUT2D eigenvalue weighted by atomic mass is 10.4. The van der Waals surface area contributed by atoms with Gasteiger partial charge in [-0.2, -0.15) is 13.2 Å². The van der Waals surface area contributed by atoms with Crippen LogP contribution in [0.4, 0.5) is 13.2 Å². The van der Waals surface area contributed by atoms with Crippen LogP contribution < -0.4 is 5.11 Å². The van der Waals surface area contributed by atoms with Crippen molar-refractivity contribution in [3.05, 3.63) is 0 Å². The third-order valence-electron chi connectivity index (χ3n) is 0.345. The van der Waals surface area contributed by atoms with Crippen LogP contribution in [0.2, 0.25) is 0 Å². The summed E-state index contributed by atoms with van der Waals surface area (Å²) in [5, 5.41) is 9.18. The van der Waals surface area contributed by atoms with Crippen molar-refractivity contribution < 1.29 is 23.1 Å². The smallest absolute Gasteiger partial charge is 0.394 e. The second-order valence-corrected chi connectivity index (χ2v) is 1.16. The number of carbonyl (C=O) groups is 1. The fraction of sp³-hybridized carbons (Fsp3) is 0.750. The van der Waals surface area contributed by atoms with Crippen LogP contribution in [-0.4, -0.2) is 12.1 Å². The van der Waals surface area contributed by atoms with Gasteiger partial charge in [0.05, 0.1) is 12.4 Å². The number of halogens is 3. The maximum atomic E-state index is 10.9. The van der Waals surface area contributed by atoms with Gasteiger partial charge in [0.2, 0.25) is 0 Å². The van der Waals surface area contributed by atoms with E-state index in [2.05, 4.69) is 0 Å². The molecule has 0 amide bonds. The molecule has 0 atom stereocenters. The second-order valence-electron chi connectivity index (χ2n) is 1.16. The predicted octanol–water partition coefficient (Wildman–Crippen LogP) is 0.325. The molecule has 0 aliphatic carbocycles. The van der Waals surface area contributed by atoms with Gasteiger partial charge in [0.25, 0.3) is 0 Å². The maximum Gasteiger partial charge on any atom is 0.394 e. The number of carboxylic acid groups (broad SMARTS) is 1. The first kappa shape index (κ1) is 11.1. The van der Waals surface area contributed by atoms with Gasteiger partial charge in [0.15, 0.2) is 0 Å². The van der Waals surface area contributed by atoms with Crippen molar-refractivity contribution in [2.75, 3.05) is 0 Å². The van der Waals surface area contributed by atoms with E-state index in [9.17, 15) is 23.1 Å². The molecular formula is C4H6F3O2-. The van der Waals surface area contributed by atoms with E-state index in [1.807, 2.05) is 0 Å². The van der Waals surface area contributed by atoms with Gasteiger partial charge < -0.3 is 9.90 Å². The fourth-order valence-electron chi connectivity index (χ4n) is 0.164. The highest BCUT2D eigenvalue weighted by Gasteiger charge is 2.26. The first-order chi connectivity index (χ1) is 3.42. The lowest BCUT2D eigenvalue weighted by Crippen LogP contribution is -2.28. The van der Waals surface area contributed by atoms with Crippen LogP contribution in [0.5, 0.6) is 0 Å².